The first-order chi connectivity index (χ1) is 14.7. The normalized spacial score (nSPS) is 10.9. The molecule has 0 bridgehead atoms. The van der Waals surface area contributed by atoms with Gasteiger partial charge < -0.3 is 10.1 Å². The van der Waals surface area contributed by atoms with Crippen molar-refractivity contribution in [3.8, 4) is 0 Å². The number of halogens is 1. The Balaban J connectivity index is 1.64. The number of sulfonamides is 1. The molecule has 0 aliphatic heterocycles. The summed E-state index contributed by atoms with van der Waals surface area (Å²) >= 11 is 0. The van der Waals surface area contributed by atoms with Gasteiger partial charge in [-0.15, -0.1) is 0 Å². The molecule has 0 spiro atoms. The van der Waals surface area contributed by atoms with Crippen molar-refractivity contribution in [2.75, 3.05) is 16.6 Å². The van der Waals surface area contributed by atoms with E-state index in [9.17, 15) is 22.4 Å². The Bertz CT molecular complexity index is 1210. The first-order valence-electron chi connectivity index (χ1n) is 9.16. The van der Waals surface area contributed by atoms with Gasteiger partial charge in [0.1, 0.15) is 5.82 Å². The number of esters is 1. The molecule has 1 amide bonds. The molecule has 0 heterocycles. The molecule has 0 atom stereocenters. The van der Waals surface area contributed by atoms with Crippen molar-refractivity contribution in [3.05, 3.63) is 89.7 Å². The van der Waals surface area contributed by atoms with Crippen molar-refractivity contribution in [2.45, 2.75) is 11.8 Å². The van der Waals surface area contributed by atoms with E-state index in [0.29, 0.717) is 5.69 Å². The van der Waals surface area contributed by atoms with Crippen LogP contribution in [0.1, 0.15) is 15.9 Å². The quantitative estimate of drug-likeness (QED) is 0.543. The maximum absolute atomic E-state index is 13.0. The average Bonchev–Trinajstić information content (AvgIpc) is 2.75. The number of anilines is 2. The van der Waals surface area contributed by atoms with Gasteiger partial charge in [0.05, 0.1) is 10.5 Å². The molecule has 9 heteroatoms. The molecule has 3 rings (SSSR count). The van der Waals surface area contributed by atoms with Crippen LogP contribution in [-0.4, -0.2) is 26.9 Å². The molecule has 2 N–H and O–H groups in total. The van der Waals surface area contributed by atoms with Crippen LogP contribution < -0.4 is 10.0 Å². The highest BCUT2D eigenvalue weighted by atomic mass is 32.2. The van der Waals surface area contributed by atoms with Crippen molar-refractivity contribution >= 4 is 33.3 Å². The Morgan fingerprint density at radius 2 is 1.68 bits per heavy atom. The monoisotopic (exact) mass is 442 g/mol. The topological polar surface area (TPSA) is 102 Å². The minimum Gasteiger partial charge on any atom is -0.452 e. The van der Waals surface area contributed by atoms with Crippen LogP contribution >= 0.6 is 0 Å². The molecule has 0 unspecified atom stereocenters. The molecule has 31 heavy (non-hydrogen) atoms. The van der Waals surface area contributed by atoms with Crippen LogP contribution in [-0.2, 0) is 19.6 Å². The van der Waals surface area contributed by atoms with Crippen LogP contribution in [0.4, 0.5) is 15.8 Å². The van der Waals surface area contributed by atoms with Gasteiger partial charge in [-0.05, 0) is 61.0 Å². The fourth-order valence-electron chi connectivity index (χ4n) is 2.64. The van der Waals surface area contributed by atoms with E-state index in [0.717, 1.165) is 23.8 Å². The number of carbonyl (C=O) groups is 2. The minimum atomic E-state index is -4.02. The van der Waals surface area contributed by atoms with Gasteiger partial charge in [-0.25, -0.2) is 17.6 Å². The van der Waals surface area contributed by atoms with Gasteiger partial charge in [-0.1, -0.05) is 24.3 Å². The molecule has 0 aliphatic carbocycles. The standard InChI is InChI=1S/C22H19FN2O5S/c1-15-5-2-3-8-20(15)24-21(26)14-30-22(27)16-6-4-7-19(13-16)31(28,29)25-18-11-9-17(23)10-12-18/h2-13,25H,14H2,1H3,(H,24,26). The number of benzene rings is 3. The van der Waals surface area contributed by atoms with E-state index in [1.54, 1.807) is 12.1 Å². The fourth-order valence-corrected chi connectivity index (χ4v) is 3.74. The molecule has 0 saturated heterocycles. The lowest BCUT2D eigenvalue weighted by Crippen LogP contribution is -2.21. The summed E-state index contributed by atoms with van der Waals surface area (Å²) in [4.78, 5) is 24.1. The lowest BCUT2D eigenvalue weighted by Gasteiger charge is -2.10. The van der Waals surface area contributed by atoms with Crippen LogP contribution in [0.15, 0.2) is 77.7 Å². The number of nitrogens with one attached hydrogen (secondary N) is 2. The molecule has 0 fully saturated rings. The summed E-state index contributed by atoms with van der Waals surface area (Å²) in [7, 11) is -4.02. The number of rotatable bonds is 7. The smallest absolute Gasteiger partial charge is 0.338 e. The molecular formula is C22H19FN2O5S. The largest absolute Gasteiger partial charge is 0.452 e. The second-order valence-corrected chi connectivity index (χ2v) is 8.26. The number of aryl methyl sites for hydroxylation is 1. The molecule has 160 valence electrons. The lowest BCUT2D eigenvalue weighted by atomic mass is 10.2. The molecule has 0 saturated carbocycles. The SMILES string of the molecule is Cc1ccccc1NC(=O)COC(=O)c1cccc(S(=O)(=O)Nc2ccc(F)cc2)c1. The zero-order valence-electron chi connectivity index (χ0n) is 16.5. The summed E-state index contributed by atoms with van der Waals surface area (Å²) in [5, 5.41) is 2.64. The second-order valence-electron chi connectivity index (χ2n) is 6.58. The van der Waals surface area contributed by atoms with E-state index in [-0.39, 0.29) is 16.1 Å². The van der Waals surface area contributed by atoms with Gasteiger partial charge in [-0.3, -0.25) is 9.52 Å². The van der Waals surface area contributed by atoms with Gasteiger partial charge in [0, 0.05) is 11.4 Å². The lowest BCUT2D eigenvalue weighted by molar-refractivity contribution is -0.119. The molecular weight excluding hydrogens is 423 g/mol. The van der Waals surface area contributed by atoms with Crippen LogP contribution in [0.2, 0.25) is 0 Å². The minimum absolute atomic E-state index is 0.0364. The first-order valence-corrected chi connectivity index (χ1v) is 10.6. The number of hydrogen-bond acceptors (Lipinski definition) is 5. The third kappa shape index (κ3) is 5.89. The Morgan fingerprint density at radius 3 is 2.39 bits per heavy atom. The number of ether oxygens (including phenoxy) is 1. The third-order valence-electron chi connectivity index (χ3n) is 4.23. The maximum atomic E-state index is 13.0. The molecule has 3 aromatic carbocycles. The Labute approximate surface area is 178 Å². The Kier molecular flexibility index (Phi) is 6.66. The van der Waals surface area contributed by atoms with Gasteiger partial charge in [0.15, 0.2) is 6.61 Å². The fraction of sp³-hybridized carbons (Fsp3) is 0.0909. The molecule has 0 radical (unpaired) electrons. The van der Waals surface area contributed by atoms with E-state index in [2.05, 4.69) is 10.0 Å². The van der Waals surface area contributed by atoms with Crippen molar-refractivity contribution in [1.82, 2.24) is 0 Å². The summed E-state index contributed by atoms with van der Waals surface area (Å²) in [6.07, 6.45) is 0. The number of amides is 1. The van der Waals surface area contributed by atoms with Crippen molar-refractivity contribution in [1.29, 1.82) is 0 Å². The van der Waals surface area contributed by atoms with E-state index in [1.807, 2.05) is 19.1 Å². The van der Waals surface area contributed by atoms with Gasteiger partial charge in [0.25, 0.3) is 15.9 Å². The van der Waals surface area contributed by atoms with E-state index in [4.69, 9.17) is 4.74 Å². The molecule has 3 aromatic rings. The maximum Gasteiger partial charge on any atom is 0.338 e. The molecule has 0 aliphatic rings. The van der Waals surface area contributed by atoms with E-state index >= 15 is 0 Å². The predicted octanol–water partition coefficient (Wildman–Crippen LogP) is 3.73. The zero-order valence-corrected chi connectivity index (χ0v) is 17.3. The van der Waals surface area contributed by atoms with E-state index < -0.39 is 34.3 Å². The Morgan fingerprint density at radius 1 is 0.968 bits per heavy atom. The van der Waals surface area contributed by atoms with Gasteiger partial charge in [0.2, 0.25) is 0 Å². The van der Waals surface area contributed by atoms with Crippen LogP contribution in [0.25, 0.3) is 0 Å². The molecule has 0 aromatic heterocycles. The average molecular weight is 442 g/mol. The number of hydrogen-bond donors (Lipinski definition) is 2. The van der Waals surface area contributed by atoms with Crippen molar-refractivity contribution in [2.24, 2.45) is 0 Å². The summed E-state index contributed by atoms with van der Waals surface area (Å²) in [5.41, 5.74) is 1.59. The summed E-state index contributed by atoms with van der Waals surface area (Å²) in [6, 6.07) is 17.1. The summed E-state index contributed by atoms with van der Waals surface area (Å²) in [6.45, 7) is 1.30. The molecule has 7 nitrogen and oxygen atoms in total. The highest BCUT2D eigenvalue weighted by molar-refractivity contribution is 7.92. The zero-order chi connectivity index (χ0) is 22.4. The summed E-state index contributed by atoms with van der Waals surface area (Å²) < 4.78 is 45.4. The highest BCUT2D eigenvalue weighted by Gasteiger charge is 2.18. The van der Waals surface area contributed by atoms with Gasteiger partial charge in [-0.2, -0.15) is 0 Å². The number of carbonyl (C=O) groups excluding carboxylic acids is 2. The predicted molar refractivity (Wildman–Crippen MR) is 114 cm³/mol. The van der Waals surface area contributed by atoms with Crippen molar-refractivity contribution < 1.29 is 27.1 Å². The van der Waals surface area contributed by atoms with Gasteiger partial charge >= 0.3 is 5.97 Å². The van der Waals surface area contributed by atoms with Crippen molar-refractivity contribution in [3.63, 3.8) is 0 Å². The summed E-state index contributed by atoms with van der Waals surface area (Å²) in [5.74, 6) is -1.87. The first kappa shape index (κ1) is 22.0. The Hall–Kier alpha value is -3.72. The second kappa shape index (κ2) is 9.40. The van der Waals surface area contributed by atoms with E-state index in [1.165, 1.54) is 30.3 Å². The van der Waals surface area contributed by atoms with Crippen LogP contribution in [0.3, 0.4) is 0 Å². The van der Waals surface area contributed by atoms with Crippen LogP contribution in [0.5, 0.6) is 0 Å². The highest BCUT2D eigenvalue weighted by Crippen LogP contribution is 2.18. The third-order valence-corrected chi connectivity index (χ3v) is 5.61. The van der Waals surface area contributed by atoms with Crippen LogP contribution in [0, 0.1) is 12.7 Å². The number of para-hydroxylation sites is 1.